The molecule has 0 radical (unpaired) electrons. The molecule has 0 aromatic carbocycles. The number of nitrogens with two attached hydrogens (primary N) is 1. The number of Topliss-reactive ketones (excluding diaryl/α,β-unsaturated/α-hetero) is 1. The number of nitrogens with zero attached hydrogens (tertiary/aromatic N) is 3. The molecule has 3 heterocycles. The number of H-pyrrole nitrogens is 1. The second-order valence-electron chi connectivity index (χ2n) is 9.68. The second-order valence-corrected chi connectivity index (χ2v) is 9.68. The zero-order valence-corrected chi connectivity index (χ0v) is 21.4. The number of hydrogen-bond donors (Lipinski definition) is 2. The molecule has 4 atom stereocenters. The topological polar surface area (TPSA) is 168 Å². The SMILES string of the molecule is C#C[C@@]1(F)[C@H](OC(=O)C(C)C)[C@@H](COC(=O)C(C)C)O[C@@H]1n1c(C(=O)C(C)C)nc2c(=O)[nH]c(N)nc21. The van der Waals surface area contributed by atoms with Crippen molar-refractivity contribution in [2.75, 3.05) is 12.3 Å². The third-order valence-corrected chi connectivity index (χ3v) is 5.76. The molecule has 0 spiro atoms. The van der Waals surface area contributed by atoms with Gasteiger partial charge < -0.3 is 19.9 Å². The summed E-state index contributed by atoms with van der Waals surface area (Å²) in [6.07, 6.45) is 0.676. The Kier molecular flexibility index (Phi) is 7.73. The van der Waals surface area contributed by atoms with Crippen LogP contribution in [0, 0.1) is 30.1 Å². The summed E-state index contributed by atoms with van der Waals surface area (Å²) in [6.45, 7) is 8.95. The van der Waals surface area contributed by atoms with Crippen molar-refractivity contribution in [1.82, 2.24) is 19.5 Å². The fraction of sp³-hybridized carbons (Fsp3) is 0.583. The molecule has 0 bridgehead atoms. The van der Waals surface area contributed by atoms with E-state index >= 15 is 4.39 Å². The van der Waals surface area contributed by atoms with Crippen molar-refractivity contribution < 1.29 is 33.0 Å². The van der Waals surface area contributed by atoms with E-state index in [2.05, 4.69) is 15.0 Å². The molecule has 1 fully saturated rings. The minimum absolute atomic E-state index is 0.263. The number of nitrogen functional groups attached to an aromatic ring is 1. The highest BCUT2D eigenvalue weighted by atomic mass is 19.1. The number of nitrogens with one attached hydrogen (secondary N) is 1. The summed E-state index contributed by atoms with van der Waals surface area (Å²) in [4.78, 5) is 60.6. The number of aromatic amines is 1. The van der Waals surface area contributed by atoms with Gasteiger partial charge in [0.25, 0.3) is 11.2 Å². The van der Waals surface area contributed by atoms with E-state index in [-0.39, 0.29) is 22.9 Å². The summed E-state index contributed by atoms with van der Waals surface area (Å²) in [6, 6.07) is 0. The Morgan fingerprint density at radius 1 is 1.16 bits per heavy atom. The van der Waals surface area contributed by atoms with Gasteiger partial charge in [0.15, 0.2) is 29.3 Å². The lowest BCUT2D eigenvalue weighted by Gasteiger charge is -2.28. The number of anilines is 1. The number of imidazole rings is 1. The van der Waals surface area contributed by atoms with Gasteiger partial charge in [-0.15, -0.1) is 6.42 Å². The Morgan fingerprint density at radius 3 is 2.32 bits per heavy atom. The Hall–Kier alpha value is -3.79. The van der Waals surface area contributed by atoms with E-state index < -0.39 is 71.7 Å². The predicted molar refractivity (Wildman–Crippen MR) is 129 cm³/mol. The molecule has 0 unspecified atom stereocenters. The van der Waals surface area contributed by atoms with E-state index in [1.54, 1.807) is 41.5 Å². The molecule has 200 valence electrons. The van der Waals surface area contributed by atoms with E-state index in [9.17, 15) is 19.2 Å². The number of hydrogen-bond acceptors (Lipinski definition) is 10. The second kappa shape index (κ2) is 10.3. The number of ketones is 1. The molecule has 0 saturated carbocycles. The molecule has 1 aliphatic heterocycles. The van der Waals surface area contributed by atoms with Gasteiger partial charge >= 0.3 is 11.9 Å². The number of terminal acetylenes is 1. The van der Waals surface area contributed by atoms with Crippen LogP contribution in [0.5, 0.6) is 0 Å². The van der Waals surface area contributed by atoms with Gasteiger partial charge in [-0.1, -0.05) is 47.5 Å². The standard InChI is InChI=1S/C24H30FN5O7/c1-8-24(25)16(37-21(34)12(6)7)13(9-35-20(33)11(4)5)36-22(24)30-17-14(19(32)29-23(26)28-17)27-18(30)15(31)10(2)3/h1,10-13,16,22H,9H2,2-7H3,(H3,26,28,29,32)/t13-,16-,22+,24-/m1/s1. The van der Waals surface area contributed by atoms with Crippen molar-refractivity contribution >= 4 is 34.8 Å². The number of esters is 2. The number of halogens is 1. The van der Waals surface area contributed by atoms with Crippen LogP contribution in [0.15, 0.2) is 4.79 Å². The first-order valence-corrected chi connectivity index (χ1v) is 11.7. The summed E-state index contributed by atoms with van der Waals surface area (Å²) in [5.74, 6) is -2.40. The van der Waals surface area contributed by atoms with Crippen LogP contribution in [-0.4, -0.2) is 61.7 Å². The number of rotatable bonds is 8. The van der Waals surface area contributed by atoms with Crippen molar-refractivity contribution in [2.24, 2.45) is 17.8 Å². The number of fused-ring (bicyclic) bond motifs is 1. The van der Waals surface area contributed by atoms with Gasteiger partial charge in [-0.2, -0.15) is 4.98 Å². The van der Waals surface area contributed by atoms with Crippen molar-refractivity contribution in [2.45, 2.75) is 65.6 Å². The van der Waals surface area contributed by atoms with Gasteiger partial charge in [-0.05, 0) is 0 Å². The molecule has 12 nitrogen and oxygen atoms in total. The van der Waals surface area contributed by atoms with Crippen molar-refractivity contribution in [3.05, 3.63) is 16.2 Å². The average molecular weight is 520 g/mol. The third-order valence-electron chi connectivity index (χ3n) is 5.76. The molecule has 2 aromatic rings. The zero-order chi connectivity index (χ0) is 27.8. The largest absolute Gasteiger partial charge is 0.463 e. The van der Waals surface area contributed by atoms with Gasteiger partial charge in [-0.25, -0.2) is 9.37 Å². The quantitative estimate of drug-likeness (QED) is 0.296. The van der Waals surface area contributed by atoms with Gasteiger partial charge in [0.2, 0.25) is 11.7 Å². The minimum atomic E-state index is -2.89. The molecular weight excluding hydrogens is 489 g/mol. The maximum absolute atomic E-state index is 16.8. The van der Waals surface area contributed by atoms with E-state index in [0.29, 0.717) is 0 Å². The molecule has 13 heteroatoms. The van der Waals surface area contributed by atoms with Crippen molar-refractivity contribution in [1.29, 1.82) is 0 Å². The summed E-state index contributed by atoms with van der Waals surface area (Å²) in [5, 5.41) is 0. The van der Waals surface area contributed by atoms with Gasteiger partial charge in [-0.3, -0.25) is 28.7 Å². The Morgan fingerprint density at radius 2 is 1.78 bits per heavy atom. The van der Waals surface area contributed by atoms with Crippen molar-refractivity contribution in [3.63, 3.8) is 0 Å². The molecule has 37 heavy (non-hydrogen) atoms. The van der Waals surface area contributed by atoms with E-state index in [0.717, 1.165) is 4.57 Å². The zero-order valence-electron chi connectivity index (χ0n) is 21.4. The van der Waals surface area contributed by atoms with E-state index in [1.807, 2.05) is 5.92 Å². The van der Waals surface area contributed by atoms with Crippen LogP contribution in [0.3, 0.4) is 0 Å². The average Bonchev–Trinajstić information content (AvgIpc) is 3.32. The molecule has 3 N–H and O–H groups in total. The fourth-order valence-electron chi connectivity index (χ4n) is 3.68. The number of carbonyl (C=O) groups excluding carboxylic acids is 3. The first kappa shape index (κ1) is 27.8. The summed E-state index contributed by atoms with van der Waals surface area (Å²) in [5.41, 5.74) is 1.48. The highest BCUT2D eigenvalue weighted by molar-refractivity contribution is 5.97. The lowest BCUT2D eigenvalue weighted by molar-refractivity contribution is -0.164. The summed E-state index contributed by atoms with van der Waals surface area (Å²) >= 11 is 0. The van der Waals surface area contributed by atoms with Crippen LogP contribution in [-0.2, 0) is 23.8 Å². The lowest BCUT2D eigenvalue weighted by Crippen LogP contribution is -2.46. The number of aromatic nitrogens is 4. The molecule has 0 aliphatic carbocycles. The highest BCUT2D eigenvalue weighted by Crippen LogP contribution is 2.45. The van der Waals surface area contributed by atoms with Gasteiger partial charge in [0.05, 0.1) is 11.8 Å². The maximum Gasteiger partial charge on any atom is 0.308 e. The molecule has 0 amide bonds. The Labute approximate surface area is 212 Å². The number of ether oxygens (including phenoxy) is 3. The van der Waals surface area contributed by atoms with Crippen LogP contribution in [0.4, 0.5) is 10.3 Å². The maximum atomic E-state index is 16.8. The van der Waals surface area contributed by atoms with E-state index in [1.165, 1.54) is 0 Å². The van der Waals surface area contributed by atoms with Gasteiger partial charge in [0, 0.05) is 5.92 Å². The molecular formula is C24H30FN5O7. The summed E-state index contributed by atoms with van der Waals surface area (Å²) < 4.78 is 34.3. The molecule has 3 rings (SSSR count). The molecule has 2 aromatic heterocycles. The van der Waals surface area contributed by atoms with Gasteiger partial charge in [0.1, 0.15) is 12.7 Å². The first-order chi connectivity index (χ1) is 17.2. The van der Waals surface area contributed by atoms with Crippen LogP contribution in [0.1, 0.15) is 58.4 Å². The lowest BCUT2D eigenvalue weighted by atomic mass is 9.96. The number of carbonyl (C=O) groups is 3. The smallest absolute Gasteiger partial charge is 0.308 e. The summed E-state index contributed by atoms with van der Waals surface area (Å²) in [7, 11) is 0. The van der Waals surface area contributed by atoms with Crippen LogP contribution in [0.25, 0.3) is 11.2 Å². The molecule has 1 saturated heterocycles. The van der Waals surface area contributed by atoms with Crippen LogP contribution in [0.2, 0.25) is 0 Å². The highest BCUT2D eigenvalue weighted by Gasteiger charge is 2.62. The first-order valence-electron chi connectivity index (χ1n) is 11.7. The van der Waals surface area contributed by atoms with Crippen molar-refractivity contribution in [3.8, 4) is 12.3 Å². The van der Waals surface area contributed by atoms with Crippen LogP contribution >= 0.6 is 0 Å². The Bertz CT molecular complexity index is 1330. The Balaban J connectivity index is 2.23. The van der Waals surface area contributed by atoms with E-state index in [4.69, 9.17) is 26.4 Å². The minimum Gasteiger partial charge on any atom is -0.463 e. The molecule has 1 aliphatic rings. The van der Waals surface area contributed by atoms with Crippen LogP contribution < -0.4 is 11.3 Å². The number of alkyl halides is 1. The third kappa shape index (κ3) is 5.06. The predicted octanol–water partition coefficient (Wildman–Crippen LogP) is 1.55. The fourth-order valence-corrected chi connectivity index (χ4v) is 3.68. The normalized spacial score (nSPS) is 23.5. The monoisotopic (exact) mass is 519 g/mol.